The molecule has 0 aromatic heterocycles. The van der Waals surface area contributed by atoms with Crippen LogP contribution in [-0.2, 0) is 6.42 Å². The van der Waals surface area contributed by atoms with Gasteiger partial charge in [0.05, 0.1) is 0 Å². The zero-order valence-corrected chi connectivity index (χ0v) is 15.1. The van der Waals surface area contributed by atoms with Crippen LogP contribution in [0.25, 0.3) is 0 Å². The van der Waals surface area contributed by atoms with Crippen LogP contribution in [0.4, 0.5) is 0 Å². The Morgan fingerprint density at radius 1 is 0.885 bits per heavy atom. The van der Waals surface area contributed by atoms with E-state index >= 15 is 0 Å². The molecule has 4 nitrogen and oxygen atoms in total. The molecule has 2 unspecified atom stereocenters. The summed E-state index contributed by atoms with van der Waals surface area (Å²) in [7, 11) is 0. The van der Waals surface area contributed by atoms with Crippen molar-refractivity contribution in [2.75, 3.05) is 39.3 Å². The highest BCUT2D eigenvalue weighted by molar-refractivity contribution is 5.40. The zero-order valence-electron chi connectivity index (χ0n) is 15.1. The molecule has 0 saturated carbocycles. The topological polar surface area (TPSA) is 24.9 Å². The molecular formula is C22H26N2O2. The SMILES string of the molecule is c1ccc2c(c1)CCC2CN1CCN(C2COc3ccccc3O2)CC1. The number of aryl methyl sites for hydroxylation is 1. The van der Waals surface area contributed by atoms with E-state index in [0.29, 0.717) is 12.5 Å². The second-order valence-corrected chi connectivity index (χ2v) is 7.60. The Hall–Kier alpha value is -2.04. The second-order valence-electron chi connectivity index (χ2n) is 7.60. The molecule has 0 N–H and O–H groups in total. The quantitative estimate of drug-likeness (QED) is 0.849. The minimum absolute atomic E-state index is 0.0410. The van der Waals surface area contributed by atoms with Crippen molar-refractivity contribution in [1.29, 1.82) is 0 Å². The molecule has 1 aliphatic carbocycles. The Labute approximate surface area is 155 Å². The van der Waals surface area contributed by atoms with Crippen molar-refractivity contribution in [3.8, 4) is 11.5 Å². The summed E-state index contributed by atoms with van der Waals surface area (Å²) in [6, 6.07) is 16.9. The Kier molecular flexibility index (Phi) is 4.31. The van der Waals surface area contributed by atoms with E-state index < -0.39 is 0 Å². The van der Waals surface area contributed by atoms with Crippen LogP contribution in [0.5, 0.6) is 11.5 Å². The number of nitrogens with zero attached hydrogens (tertiary/aromatic N) is 2. The summed E-state index contributed by atoms with van der Waals surface area (Å²) in [6.45, 7) is 6.12. The molecule has 3 aliphatic rings. The smallest absolute Gasteiger partial charge is 0.187 e. The lowest BCUT2D eigenvalue weighted by Crippen LogP contribution is -2.55. The molecule has 2 aromatic carbocycles. The predicted molar refractivity (Wildman–Crippen MR) is 102 cm³/mol. The maximum Gasteiger partial charge on any atom is 0.187 e. The molecule has 2 aromatic rings. The van der Waals surface area contributed by atoms with Crippen LogP contribution in [0.15, 0.2) is 48.5 Å². The van der Waals surface area contributed by atoms with E-state index in [1.165, 1.54) is 19.4 Å². The third kappa shape index (κ3) is 3.08. The first-order chi connectivity index (χ1) is 12.9. The van der Waals surface area contributed by atoms with E-state index in [-0.39, 0.29) is 6.23 Å². The molecule has 1 saturated heterocycles. The molecule has 136 valence electrons. The third-order valence-corrected chi connectivity index (χ3v) is 6.04. The summed E-state index contributed by atoms with van der Waals surface area (Å²) < 4.78 is 12.1. The van der Waals surface area contributed by atoms with Crippen LogP contribution < -0.4 is 9.47 Å². The lowest BCUT2D eigenvalue weighted by molar-refractivity contribution is -0.0498. The molecule has 0 bridgehead atoms. The molecule has 2 atom stereocenters. The van der Waals surface area contributed by atoms with Crippen molar-refractivity contribution < 1.29 is 9.47 Å². The van der Waals surface area contributed by atoms with Gasteiger partial charge in [0, 0.05) is 32.7 Å². The van der Waals surface area contributed by atoms with Crippen LogP contribution in [0.2, 0.25) is 0 Å². The first-order valence-corrected chi connectivity index (χ1v) is 9.79. The molecule has 2 aliphatic heterocycles. The van der Waals surface area contributed by atoms with Gasteiger partial charge >= 0.3 is 0 Å². The Morgan fingerprint density at radius 2 is 1.65 bits per heavy atom. The van der Waals surface area contributed by atoms with E-state index in [0.717, 1.165) is 37.7 Å². The fraction of sp³-hybridized carbons (Fsp3) is 0.455. The number of fused-ring (bicyclic) bond motifs is 2. The van der Waals surface area contributed by atoms with Gasteiger partial charge in [0.15, 0.2) is 17.7 Å². The van der Waals surface area contributed by atoms with Crippen LogP contribution in [0, 0.1) is 0 Å². The normalized spacial score (nSPS) is 25.8. The molecule has 4 heteroatoms. The molecule has 5 rings (SSSR count). The van der Waals surface area contributed by atoms with Gasteiger partial charge in [-0.15, -0.1) is 0 Å². The molecule has 0 spiro atoms. The fourth-order valence-corrected chi connectivity index (χ4v) is 4.57. The van der Waals surface area contributed by atoms with Crippen molar-refractivity contribution >= 4 is 0 Å². The van der Waals surface area contributed by atoms with Gasteiger partial charge in [-0.25, -0.2) is 0 Å². The van der Waals surface area contributed by atoms with E-state index in [1.54, 1.807) is 11.1 Å². The van der Waals surface area contributed by atoms with Crippen LogP contribution in [0.1, 0.15) is 23.5 Å². The highest BCUT2D eigenvalue weighted by Gasteiger charge is 2.31. The first-order valence-electron chi connectivity index (χ1n) is 9.79. The van der Waals surface area contributed by atoms with Gasteiger partial charge < -0.3 is 14.4 Å². The fourth-order valence-electron chi connectivity index (χ4n) is 4.57. The summed E-state index contributed by atoms with van der Waals surface area (Å²) in [5, 5.41) is 0. The van der Waals surface area contributed by atoms with Gasteiger partial charge in [0.1, 0.15) is 6.61 Å². The van der Waals surface area contributed by atoms with Gasteiger partial charge in [0.2, 0.25) is 0 Å². The van der Waals surface area contributed by atoms with Crippen molar-refractivity contribution in [3.63, 3.8) is 0 Å². The van der Waals surface area contributed by atoms with Gasteiger partial charge in [-0.1, -0.05) is 36.4 Å². The van der Waals surface area contributed by atoms with Crippen molar-refractivity contribution in [1.82, 2.24) is 9.80 Å². The summed E-state index contributed by atoms with van der Waals surface area (Å²) in [5.41, 5.74) is 3.14. The highest BCUT2D eigenvalue weighted by Crippen LogP contribution is 2.34. The average molecular weight is 350 g/mol. The van der Waals surface area contributed by atoms with Crippen LogP contribution in [0.3, 0.4) is 0 Å². The van der Waals surface area contributed by atoms with Gasteiger partial charge in [0.25, 0.3) is 0 Å². The molecule has 2 heterocycles. The molecular weight excluding hydrogens is 324 g/mol. The first kappa shape index (κ1) is 16.2. The number of benzene rings is 2. The summed E-state index contributed by atoms with van der Waals surface area (Å²) in [5.74, 6) is 2.44. The number of hydrogen-bond acceptors (Lipinski definition) is 4. The minimum atomic E-state index is 0.0410. The highest BCUT2D eigenvalue weighted by atomic mass is 16.6. The average Bonchev–Trinajstić information content (AvgIpc) is 3.11. The maximum absolute atomic E-state index is 6.17. The number of piperazine rings is 1. The lowest BCUT2D eigenvalue weighted by atomic mass is 10.0. The van der Waals surface area contributed by atoms with E-state index in [1.807, 2.05) is 24.3 Å². The van der Waals surface area contributed by atoms with Crippen molar-refractivity contribution in [2.24, 2.45) is 0 Å². The predicted octanol–water partition coefficient (Wildman–Crippen LogP) is 3.13. The zero-order chi connectivity index (χ0) is 17.3. The summed E-state index contributed by atoms with van der Waals surface area (Å²) >= 11 is 0. The standard InChI is InChI=1S/C22H26N2O2/c1-2-6-19-17(5-1)9-10-18(19)15-23-11-13-24(14-12-23)22-16-25-20-7-3-4-8-21(20)26-22/h1-8,18,22H,9-16H2. The van der Waals surface area contributed by atoms with Gasteiger partial charge in [-0.05, 0) is 42.0 Å². The molecule has 26 heavy (non-hydrogen) atoms. The van der Waals surface area contributed by atoms with Crippen LogP contribution >= 0.6 is 0 Å². The lowest BCUT2D eigenvalue weighted by Gasteiger charge is -2.41. The largest absolute Gasteiger partial charge is 0.484 e. The number of para-hydroxylation sites is 2. The molecule has 0 radical (unpaired) electrons. The van der Waals surface area contributed by atoms with Crippen LogP contribution in [-0.4, -0.2) is 55.4 Å². The van der Waals surface area contributed by atoms with Crippen molar-refractivity contribution in [2.45, 2.75) is 25.0 Å². The summed E-state index contributed by atoms with van der Waals surface area (Å²) in [4.78, 5) is 5.05. The Morgan fingerprint density at radius 3 is 2.54 bits per heavy atom. The third-order valence-electron chi connectivity index (χ3n) is 6.04. The summed E-state index contributed by atoms with van der Waals surface area (Å²) in [6.07, 6.45) is 2.59. The minimum Gasteiger partial charge on any atom is -0.484 e. The number of hydrogen-bond donors (Lipinski definition) is 0. The molecule has 1 fully saturated rings. The number of ether oxygens (including phenoxy) is 2. The molecule has 0 amide bonds. The Balaban J connectivity index is 1.16. The van der Waals surface area contributed by atoms with Gasteiger partial charge in [-0.3, -0.25) is 4.90 Å². The van der Waals surface area contributed by atoms with Gasteiger partial charge in [-0.2, -0.15) is 0 Å². The van der Waals surface area contributed by atoms with E-state index in [2.05, 4.69) is 34.1 Å². The monoisotopic (exact) mass is 350 g/mol. The second kappa shape index (κ2) is 6.93. The van der Waals surface area contributed by atoms with E-state index in [4.69, 9.17) is 9.47 Å². The number of rotatable bonds is 3. The van der Waals surface area contributed by atoms with E-state index in [9.17, 15) is 0 Å². The Bertz CT molecular complexity index is 770. The maximum atomic E-state index is 6.17. The van der Waals surface area contributed by atoms with Crippen molar-refractivity contribution in [3.05, 3.63) is 59.7 Å².